The molecule has 1 nitrogen and oxygen atoms in total. The minimum Gasteiger partial charge on any atom is -0.242 e. The lowest BCUT2D eigenvalue weighted by atomic mass is 9.88. The molecule has 0 unspecified atom stereocenters. The fraction of sp³-hybridized carbons (Fsp3) is 0.500. The molecule has 0 saturated heterocycles. The lowest BCUT2D eigenvalue weighted by molar-refractivity contribution is 0.405. The number of aryl methyl sites for hydroxylation is 2. The molecule has 2 heterocycles. The first-order chi connectivity index (χ1) is 9.23. The quantitative estimate of drug-likeness (QED) is 0.696. The largest absolute Gasteiger partial charge is 0.242 e. The van der Waals surface area contributed by atoms with Crippen molar-refractivity contribution in [3.05, 3.63) is 34.3 Å². The summed E-state index contributed by atoms with van der Waals surface area (Å²) in [5.41, 5.74) is 5.40. The minimum atomic E-state index is 0.272. The van der Waals surface area contributed by atoms with Crippen molar-refractivity contribution in [2.24, 2.45) is 5.41 Å². The van der Waals surface area contributed by atoms with Crippen LogP contribution < -0.4 is 0 Å². The van der Waals surface area contributed by atoms with Gasteiger partial charge in [-0.3, -0.25) is 0 Å². The third-order valence-corrected chi connectivity index (χ3v) is 4.93. The molecule has 0 bridgehead atoms. The van der Waals surface area contributed by atoms with Gasteiger partial charge in [0.2, 0.25) is 0 Å². The fourth-order valence-electron chi connectivity index (χ4n) is 2.58. The van der Waals surface area contributed by atoms with Gasteiger partial charge in [0.15, 0.2) is 0 Å². The SMILES string of the molecule is C=C(C)c1sc2nc(CC(C)(C)C)c(CC)cc2c1C. The molecule has 108 valence electrons. The van der Waals surface area contributed by atoms with Crippen LogP contribution in [0.4, 0.5) is 0 Å². The van der Waals surface area contributed by atoms with Gasteiger partial charge in [-0.05, 0) is 54.9 Å². The molecule has 0 aliphatic carbocycles. The van der Waals surface area contributed by atoms with E-state index in [0.29, 0.717) is 0 Å². The second kappa shape index (κ2) is 5.33. The molecule has 0 radical (unpaired) electrons. The Morgan fingerprint density at radius 3 is 2.50 bits per heavy atom. The highest BCUT2D eigenvalue weighted by Gasteiger charge is 2.18. The molecule has 0 spiro atoms. The second-order valence-electron chi connectivity index (χ2n) is 6.87. The molecule has 0 aromatic carbocycles. The van der Waals surface area contributed by atoms with Crippen LogP contribution in [0.3, 0.4) is 0 Å². The molecule has 0 saturated carbocycles. The van der Waals surface area contributed by atoms with Gasteiger partial charge in [-0.1, -0.05) is 34.3 Å². The normalized spacial score (nSPS) is 12.1. The molecule has 0 aliphatic rings. The van der Waals surface area contributed by atoms with Gasteiger partial charge < -0.3 is 0 Å². The lowest BCUT2D eigenvalue weighted by Gasteiger charge is -2.19. The first-order valence-corrected chi connectivity index (χ1v) is 8.12. The number of thiophene rings is 1. The van der Waals surface area contributed by atoms with Crippen LogP contribution in [0.25, 0.3) is 15.8 Å². The van der Waals surface area contributed by atoms with E-state index < -0.39 is 0 Å². The third kappa shape index (κ3) is 2.95. The molecule has 0 amide bonds. The average Bonchev–Trinajstić information content (AvgIpc) is 2.63. The summed E-state index contributed by atoms with van der Waals surface area (Å²) in [6.45, 7) is 17.4. The Kier molecular flexibility index (Phi) is 4.06. The van der Waals surface area contributed by atoms with Crippen molar-refractivity contribution >= 4 is 27.1 Å². The van der Waals surface area contributed by atoms with Gasteiger partial charge in [0.25, 0.3) is 0 Å². The van der Waals surface area contributed by atoms with Crippen molar-refractivity contribution in [1.29, 1.82) is 0 Å². The highest BCUT2D eigenvalue weighted by molar-refractivity contribution is 7.19. The zero-order valence-electron chi connectivity index (χ0n) is 13.6. The number of fused-ring (bicyclic) bond motifs is 1. The molecule has 2 rings (SSSR count). The van der Waals surface area contributed by atoms with Crippen molar-refractivity contribution in [1.82, 2.24) is 4.98 Å². The minimum absolute atomic E-state index is 0.272. The van der Waals surface area contributed by atoms with Gasteiger partial charge in [-0.25, -0.2) is 4.98 Å². The predicted molar refractivity (Wildman–Crippen MR) is 91.6 cm³/mol. The molecular weight excluding hydrogens is 262 g/mol. The third-order valence-electron chi connectivity index (χ3n) is 3.57. The van der Waals surface area contributed by atoms with E-state index in [1.54, 1.807) is 11.3 Å². The van der Waals surface area contributed by atoms with Gasteiger partial charge in [0.05, 0.1) is 0 Å². The van der Waals surface area contributed by atoms with Crippen molar-refractivity contribution in [2.75, 3.05) is 0 Å². The average molecular weight is 287 g/mol. The molecule has 2 aromatic rings. The lowest BCUT2D eigenvalue weighted by Crippen LogP contribution is -2.12. The van der Waals surface area contributed by atoms with Crippen LogP contribution in [0.15, 0.2) is 12.6 Å². The summed E-state index contributed by atoms with van der Waals surface area (Å²) in [6.07, 6.45) is 2.08. The first kappa shape index (κ1) is 15.2. The Bertz CT molecular complexity index is 656. The van der Waals surface area contributed by atoms with Crippen molar-refractivity contribution in [3.8, 4) is 0 Å². The van der Waals surface area contributed by atoms with Crippen molar-refractivity contribution in [2.45, 2.75) is 54.4 Å². The number of hydrogen-bond acceptors (Lipinski definition) is 2. The van der Waals surface area contributed by atoms with Crippen LogP contribution in [0, 0.1) is 12.3 Å². The molecule has 0 fully saturated rings. The number of pyridine rings is 1. The summed E-state index contributed by atoms with van der Waals surface area (Å²) in [5, 5.41) is 1.31. The number of aromatic nitrogens is 1. The predicted octanol–water partition coefficient (Wildman–Crippen LogP) is 5.79. The van der Waals surface area contributed by atoms with Crippen LogP contribution in [-0.4, -0.2) is 4.98 Å². The Labute approximate surface area is 126 Å². The smallest absolute Gasteiger partial charge is 0.124 e. The molecule has 0 aliphatic heterocycles. The Hall–Kier alpha value is -1.15. The zero-order valence-corrected chi connectivity index (χ0v) is 14.4. The standard InChI is InChI=1S/C18H25NS/c1-8-13-9-14-12(4)16(11(2)3)20-17(14)19-15(13)10-18(5,6)7/h9H,2,8,10H2,1,3-7H3. The van der Waals surface area contributed by atoms with Crippen molar-refractivity contribution < 1.29 is 0 Å². The van der Waals surface area contributed by atoms with Crippen LogP contribution in [-0.2, 0) is 12.8 Å². The van der Waals surface area contributed by atoms with E-state index in [-0.39, 0.29) is 5.41 Å². The second-order valence-corrected chi connectivity index (χ2v) is 7.87. The number of rotatable bonds is 3. The van der Waals surface area contributed by atoms with E-state index >= 15 is 0 Å². The summed E-state index contributed by atoms with van der Waals surface area (Å²) in [6, 6.07) is 2.35. The summed E-state index contributed by atoms with van der Waals surface area (Å²) >= 11 is 1.78. The van der Waals surface area contributed by atoms with Crippen molar-refractivity contribution in [3.63, 3.8) is 0 Å². The van der Waals surface area contributed by atoms with Gasteiger partial charge in [-0.15, -0.1) is 11.3 Å². The molecular formula is C18H25NS. The van der Waals surface area contributed by atoms with E-state index in [2.05, 4.69) is 54.2 Å². The number of hydrogen-bond donors (Lipinski definition) is 0. The maximum atomic E-state index is 4.97. The fourth-order valence-corrected chi connectivity index (χ4v) is 3.69. The Balaban J connectivity index is 2.63. The van der Waals surface area contributed by atoms with Crippen LogP contribution in [0.1, 0.15) is 56.3 Å². The molecule has 0 N–H and O–H groups in total. The molecule has 2 heteroatoms. The molecule has 20 heavy (non-hydrogen) atoms. The van der Waals surface area contributed by atoms with Crippen LogP contribution in [0.2, 0.25) is 0 Å². The van der Waals surface area contributed by atoms with Gasteiger partial charge in [0.1, 0.15) is 4.83 Å². The topological polar surface area (TPSA) is 12.9 Å². The zero-order chi connectivity index (χ0) is 15.1. The molecule has 0 atom stereocenters. The van der Waals surface area contributed by atoms with E-state index in [4.69, 9.17) is 4.98 Å². The monoisotopic (exact) mass is 287 g/mol. The van der Waals surface area contributed by atoms with Crippen LogP contribution in [0.5, 0.6) is 0 Å². The van der Waals surface area contributed by atoms with E-state index in [1.165, 1.54) is 27.1 Å². The van der Waals surface area contributed by atoms with Gasteiger partial charge in [-0.2, -0.15) is 0 Å². The van der Waals surface area contributed by atoms with Gasteiger partial charge >= 0.3 is 0 Å². The highest BCUT2D eigenvalue weighted by Crippen LogP contribution is 2.35. The summed E-state index contributed by atoms with van der Waals surface area (Å²) in [7, 11) is 0. The maximum Gasteiger partial charge on any atom is 0.124 e. The Morgan fingerprint density at radius 2 is 2.00 bits per heavy atom. The van der Waals surface area contributed by atoms with E-state index in [1.807, 2.05) is 0 Å². The summed E-state index contributed by atoms with van der Waals surface area (Å²) < 4.78 is 0. The van der Waals surface area contributed by atoms with E-state index in [0.717, 1.165) is 23.2 Å². The summed E-state index contributed by atoms with van der Waals surface area (Å²) in [4.78, 5) is 7.43. The number of allylic oxidation sites excluding steroid dienone is 1. The summed E-state index contributed by atoms with van der Waals surface area (Å²) in [5.74, 6) is 0. The molecule has 2 aromatic heterocycles. The maximum absolute atomic E-state index is 4.97. The van der Waals surface area contributed by atoms with Gasteiger partial charge in [0, 0.05) is 16.0 Å². The number of nitrogens with zero attached hydrogens (tertiary/aromatic N) is 1. The highest BCUT2D eigenvalue weighted by atomic mass is 32.1. The van der Waals surface area contributed by atoms with E-state index in [9.17, 15) is 0 Å². The van der Waals surface area contributed by atoms with Crippen LogP contribution >= 0.6 is 11.3 Å². The Morgan fingerprint density at radius 1 is 1.35 bits per heavy atom. The first-order valence-electron chi connectivity index (χ1n) is 7.30.